The van der Waals surface area contributed by atoms with Crippen LogP contribution in [0.4, 0.5) is 13.2 Å². The van der Waals surface area contributed by atoms with Crippen molar-refractivity contribution < 1.29 is 42.2 Å². The van der Waals surface area contributed by atoms with Crippen molar-refractivity contribution in [1.29, 1.82) is 0 Å². The van der Waals surface area contributed by atoms with E-state index in [0.29, 0.717) is 5.75 Å². The molecule has 12 heteroatoms. The Balaban J connectivity index is 1.64. The van der Waals surface area contributed by atoms with E-state index in [-0.39, 0.29) is 12.2 Å². The van der Waals surface area contributed by atoms with E-state index in [1.165, 1.54) is 24.3 Å². The van der Waals surface area contributed by atoms with Crippen LogP contribution < -0.4 is 15.5 Å². The molecule has 0 saturated heterocycles. The molecule has 0 aliphatic heterocycles. The minimum absolute atomic E-state index is 0.0986. The summed E-state index contributed by atoms with van der Waals surface area (Å²) >= 11 is 0. The molecule has 1 atom stereocenters. The third-order valence-electron chi connectivity index (χ3n) is 5.16. The van der Waals surface area contributed by atoms with Gasteiger partial charge in [0.25, 0.3) is 11.8 Å². The maximum absolute atomic E-state index is 12.5. The number of hydrogen-bond acceptors (Lipinski definition) is 7. The Kier molecular flexibility index (Phi) is 7.78. The topological polar surface area (TPSA) is 127 Å². The number of carbonyl (C=O) groups is 3. The number of halogens is 3. The quantitative estimate of drug-likeness (QED) is 0.244. The molecule has 3 N–H and O–H groups in total. The van der Waals surface area contributed by atoms with Crippen molar-refractivity contribution in [1.82, 2.24) is 15.8 Å². The lowest BCUT2D eigenvalue weighted by Crippen LogP contribution is -2.55. The molecule has 3 aromatic rings. The van der Waals surface area contributed by atoms with Gasteiger partial charge in [0, 0.05) is 22.2 Å². The number of rotatable bonds is 8. The molecule has 0 bridgehead atoms. The molecule has 36 heavy (non-hydrogen) atoms. The van der Waals surface area contributed by atoms with Gasteiger partial charge in [-0.3, -0.25) is 19.8 Å². The largest absolute Gasteiger partial charge is 0.490 e. The second-order valence-corrected chi connectivity index (χ2v) is 7.99. The highest BCUT2D eigenvalue weighted by atomic mass is 19.4. The van der Waals surface area contributed by atoms with Crippen molar-refractivity contribution in [3.63, 3.8) is 0 Å². The number of esters is 1. The van der Waals surface area contributed by atoms with Crippen LogP contribution in [0.1, 0.15) is 28.5 Å². The van der Waals surface area contributed by atoms with E-state index in [4.69, 9.17) is 9.94 Å². The SMILES string of the molecule is Cc1cc(COc2ccc(C(=O)NC[C@@](C)(OC(=O)C(F)(F)F)C(=O)NO)cc2)c2ccccc2n1. The van der Waals surface area contributed by atoms with Gasteiger partial charge in [-0.05, 0) is 50.2 Å². The highest BCUT2D eigenvalue weighted by Gasteiger charge is 2.48. The molecule has 0 radical (unpaired) electrons. The molecule has 9 nitrogen and oxygen atoms in total. The third kappa shape index (κ3) is 6.27. The molecule has 1 heterocycles. The van der Waals surface area contributed by atoms with Gasteiger partial charge in [0.05, 0.1) is 12.1 Å². The Morgan fingerprint density at radius 1 is 1.06 bits per heavy atom. The number of nitrogens with one attached hydrogen (secondary N) is 2. The molecule has 3 rings (SSSR count). The minimum Gasteiger partial charge on any atom is -0.489 e. The van der Waals surface area contributed by atoms with E-state index in [2.05, 4.69) is 15.0 Å². The van der Waals surface area contributed by atoms with Gasteiger partial charge in [-0.2, -0.15) is 13.2 Å². The molecule has 2 aromatic carbocycles. The molecular formula is C24H22F3N3O6. The van der Waals surface area contributed by atoms with E-state index in [1.54, 1.807) is 0 Å². The van der Waals surface area contributed by atoms with E-state index in [9.17, 15) is 27.6 Å². The number of amides is 2. The number of para-hydroxylation sites is 1. The van der Waals surface area contributed by atoms with Gasteiger partial charge in [0.2, 0.25) is 5.60 Å². The number of aromatic nitrogens is 1. The molecule has 0 unspecified atom stereocenters. The number of nitrogens with zero attached hydrogens (tertiary/aromatic N) is 1. The standard InChI is InChI=1S/C24H22F3N3O6/c1-14-11-16(18-5-3-4-6-19(18)29-14)12-35-17-9-7-15(8-10-17)20(31)28-13-23(2,21(32)30-34)36-22(33)24(25,26)27/h3-11,34H,12-13H2,1-2H3,(H,28,31)(H,30,32)/t23-/m1/s1. The Morgan fingerprint density at radius 2 is 1.72 bits per heavy atom. The summed E-state index contributed by atoms with van der Waals surface area (Å²) in [4.78, 5) is 39.9. The third-order valence-corrected chi connectivity index (χ3v) is 5.16. The summed E-state index contributed by atoms with van der Waals surface area (Å²) in [6.07, 6.45) is -5.38. The van der Waals surface area contributed by atoms with Gasteiger partial charge in [-0.25, -0.2) is 10.3 Å². The molecule has 0 fully saturated rings. The zero-order valence-electron chi connectivity index (χ0n) is 19.2. The van der Waals surface area contributed by atoms with Crippen LogP contribution >= 0.6 is 0 Å². The van der Waals surface area contributed by atoms with Gasteiger partial charge in [-0.1, -0.05) is 18.2 Å². The summed E-state index contributed by atoms with van der Waals surface area (Å²) in [7, 11) is 0. The highest BCUT2D eigenvalue weighted by Crippen LogP contribution is 2.23. The van der Waals surface area contributed by atoms with Crippen molar-refractivity contribution in [3.05, 3.63) is 71.4 Å². The van der Waals surface area contributed by atoms with Crippen LogP contribution in [0.25, 0.3) is 10.9 Å². The van der Waals surface area contributed by atoms with E-state index in [1.807, 2.05) is 37.3 Å². The van der Waals surface area contributed by atoms with Crippen molar-refractivity contribution in [2.75, 3.05) is 6.54 Å². The molecule has 2 amide bonds. The molecule has 0 aliphatic carbocycles. The average Bonchev–Trinajstić information content (AvgIpc) is 2.84. The minimum atomic E-state index is -5.38. The van der Waals surface area contributed by atoms with Crippen molar-refractivity contribution in [3.8, 4) is 5.75 Å². The van der Waals surface area contributed by atoms with Crippen LogP contribution in [0.2, 0.25) is 0 Å². The highest BCUT2D eigenvalue weighted by molar-refractivity contribution is 5.95. The Hall–Kier alpha value is -4.19. The Labute approximate surface area is 203 Å². The first-order chi connectivity index (χ1) is 16.9. The van der Waals surface area contributed by atoms with Gasteiger partial charge in [0.15, 0.2) is 0 Å². The van der Waals surface area contributed by atoms with Crippen LogP contribution in [0.3, 0.4) is 0 Å². The fourth-order valence-corrected chi connectivity index (χ4v) is 3.27. The Morgan fingerprint density at radius 3 is 2.36 bits per heavy atom. The lowest BCUT2D eigenvalue weighted by molar-refractivity contribution is -0.213. The first-order valence-corrected chi connectivity index (χ1v) is 10.5. The first-order valence-electron chi connectivity index (χ1n) is 10.5. The van der Waals surface area contributed by atoms with Crippen molar-refractivity contribution >= 4 is 28.7 Å². The lowest BCUT2D eigenvalue weighted by atomic mass is 10.1. The summed E-state index contributed by atoms with van der Waals surface area (Å²) in [5.74, 6) is -4.42. The zero-order valence-corrected chi connectivity index (χ0v) is 19.2. The number of hydrogen-bond donors (Lipinski definition) is 3. The van der Waals surface area contributed by atoms with Crippen LogP contribution in [0.15, 0.2) is 54.6 Å². The first kappa shape index (κ1) is 26.4. The van der Waals surface area contributed by atoms with Gasteiger partial charge in [-0.15, -0.1) is 0 Å². The van der Waals surface area contributed by atoms with Crippen molar-refractivity contribution in [2.24, 2.45) is 0 Å². The van der Waals surface area contributed by atoms with Gasteiger partial charge < -0.3 is 14.8 Å². The van der Waals surface area contributed by atoms with Crippen molar-refractivity contribution in [2.45, 2.75) is 32.2 Å². The fourth-order valence-electron chi connectivity index (χ4n) is 3.27. The molecule has 0 saturated carbocycles. The summed E-state index contributed by atoms with van der Waals surface area (Å²) in [6.45, 7) is 2.09. The number of pyridine rings is 1. The van der Waals surface area contributed by atoms with Gasteiger partial charge >= 0.3 is 12.1 Å². The number of aryl methyl sites for hydroxylation is 1. The monoisotopic (exact) mass is 505 g/mol. The van der Waals surface area contributed by atoms with Crippen LogP contribution in [0.5, 0.6) is 5.75 Å². The normalized spacial score (nSPS) is 12.9. The number of alkyl halides is 3. The van der Waals surface area contributed by atoms with Gasteiger partial charge in [0.1, 0.15) is 12.4 Å². The van der Waals surface area contributed by atoms with E-state index < -0.39 is 36.1 Å². The second kappa shape index (κ2) is 10.6. The predicted octanol–water partition coefficient (Wildman–Crippen LogP) is 3.22. The summed E-state index contributed by atoms with van der Waals surface area (Å²) in [5.41, 5.74) is 1.30. The lowest BCUT2D eigenvalue weighted by Gasteiger charge is -2.27. The molecular weight excluding hydrogens is 483 g/mol. The molecule has 0 spiro atoms. The number of fused-ring (bicyclic) bond motifs is 1. The van der Waals surface area contributed by atoms with Crippen LogP contribution in [0, 0.1) is 6.92 Å². The maximum atomic E-state index is 12.5. The molecule has 1 aromatic heterocycles. The maximum Gasteiger partial charge on any atom is 0.490 e. The average molecular weight is 505 g/mol. The van der Waals surface area contributed by atoms with E-state index in [0.717, 1.165) is 34.6 Å². The summed E-state index contributed by atoms with van der Waals surface area (Å²) in [5, 5.41) is 12.0. The van der Waals surface area contributed by atoms with E-state index >= 15 is 0 Å². The summed E-state index contributed by atoms with van der Waals surface area (Å²) < 4.78 is 47.7. The fraction of sp³-hybridized carbons (Fsp3) is 0.250. The Bertz CT molecular complexity index is 1280. The zero-order chi connectivity index (χ0) is 26.5. The van der Waals surface area contributed by atoms with Crippen LogP contribution in [-0.4, -0.2) is 46.3 Å². The number of carbonyl (C=O) groups excluding carboxylic acids is 3. The summed E-state index contributed by atoms with van der Waals surface area (Å²) in [6, 6.07) is 15.4. The number of hydroxylamine groups is 1. The molecule has 190 valence electrons. The smallest absolute Gasteiger partial charge is 0.489 e. The number of ether oxygens (including phenoxy) is 2. The number of benzene rings is 2. The van der Waals surface area contributed by atoms with Crippen LogP contribution in [-0.2, 0) is 20.9 Å². The second-order valence-electron chi connectivity index (χ2n) is 7.99. The molecule has 0 aliphatic rings. The predicted molar refractivity (Wildman–Crippen MR) is 120 cm³/mol.